The molecule has 176 valence electrons. The molecule has 2 atom stereocenters. The van der Waals surface area contributed by atoms with Crippen LogP contribution in [0.15, 0.2) is 53.4 Å². The Morgan fingerprint density at radius 1 is 1.03 bits per heavy atom. The van der Waals surface area contributed by atoms with Gasteiger partial charge in [-0.1, -0.05) is 38.0 Å². The lowest BCUT2D eigenvalue weighted by Crippen LogP contribution is -2.42. The molecule has 1 saturated carbocycles. The number of benzene rings is 2. The summed E-state index contributed by atoms with van der Waals surface area (Å²) < 4.78 is 10.4. The zero-order valence-corrected chi connectivity index (χ0v) is 19.8. The number of esters is 1. The first-order valence-electron chi connectivity index (χ1n) is 11.1. The number of carbonyl (C=O) groups excluding carboxylic acids is 3. The second-order valence-corrected chi connectivity index (χ2v) is 9.09. The molecule has 2 aromatic rings. The van der Waals surface area contributed by atoms with Gasteiger partial charge in [0.2, 0.25) is 5.91 Å². The molecule has 7 nitrogen and oxygen atoms in total. The van der Waals surface area contributed by atoms with Crippen molar-refractivity contribution in [3.63, 3.8) is 0 Å². The zero-order valence-electron chi connectivity index (χ0n) is 19.0. The van der Waals surface area contributed by atoms with Gasteiger partial charge in [-0.15, -0.1) is 11.8 Å². The molecule has 33 heavy (non-hydrogen) atoms. The molecule has 8 heteroatoms. The Labute approximate surface area is 198 Å². The lowest BCUT2D eigenvalue weighted by Gasteiger charge is -2.29. The third-order valence-electron chi connectivity index (χ3n) is 5.61. The monoisotopic (exact) mass is 470 g/mol. The molecule has 1 aliphatic rings. The van der Waals surface area contributed by atoms with E-state index >= 15 is 0 Å². The maximum atomic E-state index is 12.6. The van der Waals surface area contributed by atoms with Gasteiger partial charge in [-0.25, -0.2) is 4.79 Å². The van der Waals surface area contributed by atoms with Crippen molar-refractivity contribution in [2.75, 3.05) is 24.8 Å². The molecular weight excluding hydrogens is 440 g/mol. The van der Waals surface area contributed by atoms with E-state index in [2.05, 4.69) is 17.6 Å². The number of carbonyl (C=O) groups is 3. The molecule has 0 spiro atoms. The fourth-order valence-electron chi connectivity index (χ4n) is 3.79. The topological polar surface area (TPSA) is 93.7 Å². The summed E-state index contributed by atoms with van der Waals surface area (Å²) in [6.07, 6.45) is 4.35. The standard InChI is InChI=1S/C25H30N2O5S/c1-17-8-3-5-12-21(17)27-23(28)15-32-25(30)20-11-4-6-13-22(20)33-16-24(29)26-18-9-7-10-19(14-18)31-2/h4,6-7,9-11,13-14,17,21H,3,5,8,12,15-16H2,1-2H3,(H,26,29)(H,27,28)/t17-,21-/m0/s1. The molecule has 1 fully saturated rings. The first-order valence-corrected chi connectivity index (χ1v) is 12.1. The first kappa shape index (κ1) is 24.6. The Morgan fingerprint density at radius 2 is 1.82 bits per heavy atom. The Kier molecular flexibility index (Phi) is 9.18. The van der Waals surface area contributed by atoms with Gasteiger partial charge in [0.25, 0.3) is 5.91 Å². The van der Waals surface area contributed by atoms with Crippen LogP contribution in [0.2, 0.25) is 0 Å². The molecule has 0 heterocycles. The predicted octanol–water partition coefficient (Wildman–Crippen LogP) is 4.28. The van der Waals surface area contributed by atoms with Gasteiger partial charge >= 0.3 is 5.97 Å². The van der Waals surface area contributed by atoms with E-state index in [0.29, 0.717) is 27.8 Å². The number of thioether (sulfide) groups is 1. The van der Waals surface area contributed by atoms with Crippen LogP contribution in [-0.4, -0.2) is 43.3 Å². The maximum absolute atomic E-state index is 12.6. The van der Waals surface area contributed by atoms with Gasteiger partial charge in [0.05, 0.1) is 18.4 Å². The lowest BCUT2D eigenvalue weighted by molar-refractivity contribution is -0.125. The fraction of sp³-hybridized carbons (Fsp3) is 0.400. The van der Waals surface area contributed by atoms with E-state index in [9.17, 15) is 14.4 Å². The summed E-state index contributed by atoms with van der Waals surface area (Å²) >= 11 is 1.23. The molecule has 2 aromatic carbocycles. The number of hydrogen-bond acceptors (Lipinski definition) is 6. The number of methoxy groups -OCH3 is 1. The summed E-state index contributed by atoms with van der Waals surface area (Å²) in [6.45, 7) is 1.81. The molecule has 0 aromatic heterocycles. The first-order chi connectivity index (χ1) is 16.0. The highest BCUT2D eigenvalue weighted by molar-refractivity contribution is 8.00. The van der Waals surface area contributed by atoms with Crippen LogP contribution in [0.5, 0.6) is 5.75 Å². The number of nitrogens with one attached hydrogen (secondary N) is 2. The van der Waals surface area contributed by atoms with Gasteiger partial charge in [-0.2, -0.15) is 0 Å². The predicted molar refractivity (Wildman–Crippen MR) is 129 cm³/mol. The van der Waals surface area contributed by atoms with E-state index in [0.717, 1.165) is 19.3 Å². The van der Waals surface area contributed by atoms with Crippen LogP contribution in [0.1, 0.15) is 43.0 Å². The summed E-state index contributed by atoms with van der Waals surface area (Å²) in [4.78, 5) is 37.8. The van der Waals surface area contributed by atoms with Crippen molar-refractivity contribution in [2.24, 2.45) is 5.92 Å². The minimum atomic E-state index is -0.585. The van der Waals surface area contributed by atoms with E-state index < -0.39 is 5.97 Å². The van der Waals surface area contributed by atoms with Crippen LogP contribution in [0, 0.1) is 5.92 Å². The van der Waals surface area contributed by atoms with Gasteiger partial charge < -0.3 is 20.1 Å². The number of rotatable bonds is 9. The highest BCUT2D eigenvalue weighted by Crippen LogP contribution is 2.25. The Bertz CT molecular complexity index is 981. The highest BCUT2D eigenvalue weighted by atomic mass is 32.2. The van der Waals surface area contributed by atoms with E-state index in [4.69, 9.17) is 9.47 Å². The molecule has 0 radical (unpaired) electrons. The van der Waals surface area contributed by atoms with Gasteiger partial charge in [0.15, 0.2) is 6.61 Å². The molecular formula is C25H30N2O5S. The van der Waals surface area contributed by atoms with Gasteiger partial charge in [-0.05, 0) is 43.0 Å². The molecule has 0 aliphatic heterocycles. The van der Waals surface area contributed by atoms with Gasteiger partial charge in [0, 0.05) is 22.7 Å². The number of ether oxygens (including phenoxy) is 2. The van der Waals surface area contributed by atoms with Crippen molar-refractivity contribution in [2.45, 2.75) is 43.5 Å². The van der Waals surface area contributed by atoms with E-state index in [-0.39, 0.29) is 30.2 Å². The van der Waals surface area contributed by atoms with Crippen molar-refractivity contribution < 1.29 is 23.9 Å². The highest BCUT2D eigenvalue weighted by Gasteiger charge is 2.23. The molecule has 3 rings (SSSR count). The second-order valence-electron chi connectivity index (χ2n) is 8.08. The Hall–Kier alpha value is -3.00. The summed E-state index contributed by atoms with van der Waals surface area (Å²) in [6, 6.07) is 14.1. The van der Waals surface area contributed by atoms with E-state index in [1.165, 1.54) is 18.2 Å². The van der Waals surface area contributed by atoms with Crippen molar-refractivity contribution in [1.82, 2.24) is 5.32 Å². The van der Waals surface area contributed by atoms with Crippen LogP contribution >= 0.6 is 11.8 Å². The molecule has 2 amide bonds. The van der Waals surface area contributed by atoms with Crippen molar-refractivity contribution in [1.29, 1.82) is 0 Å². The second kappa shape index (κ2) is 12.3. The minimum absolute atomic E-state index is 0.113. The molecule has 0 saturated heterocycles. The van der Waals surface area contributed by atoms with Crippen LogP contribution in [-0.2, 0) is 14.3 Å². The average Bonchev–Trinajstić information content (AvgIpc) is 2.83. The maximum Gasteiger partial charge on any atom is 0.339 e. The Balaban J connectivity index is 1.50. The van der Waals surface area contributed by atoms with Crippen LogP contribution in [0.4, 0.5) is 5.69 Å². The van der Waals surface area contributed by atoms with Crippen molar-refractivity contribution >= 4 is 35.2 Å². The normalized spacial score (nSPS) is 17.6. The summed E-state index contributed by atoms with van der Waals surface area (Å²) in [5, 5.41) is 5.79. The third kappa shape index (κ3) is 7.53. The van der Waals surface area contributed by atoms with Crippen molar-refractivity contribution in [3.05, 3.63) is 54.1 Å². The largest absolute Gasteiger partial charge is 0.497 e. The van der Waals surface area contributed by atoms with Crippen LogP contribution < -0.4 is 15.4 Å². The number of hydrogen-bond donors (Lipinski definition) is 2. The molecule has 0 unspecified atom stereocenters. The minimum Gasteiger partial charge on any atom is -0.497 e. The van der Waals surface area contributed by atoms with Gasteiger partial charge in [0.1, 0.15) is 5.75 Å². The lowest BCUT2D eigenvalue weighted by atomic mass is 9.86. The van der Waals surface area contributed by atoms with Crippen LogP contribution in [0.25, 0.3) is 0 Å². The quantitative estimate of drug-likeness (QED) is 0.420. The smallest absolute Gasteiger partial charge is 0.339 e. The van der Waals surface area contributed by atoms with Gasteiger partial charge in [-0.3, -0.25) is 9.59 Å². The summed E-state index contributed by atoms with van der Waals surface area (Å²) in [5.41, 5.74) is 0.960. The SMILES string of the molecule is COc1cccc(NC(=O)CSc2ccccc2C(=O)OCC(=O)N[C@H]2CCCC[C@@H]2C)c1. The molecule has 1 aliphatic carbocycles. The number of anilines is 1. The van der Waals surface area contributed by atoms with Crippen LogP contribution in [0.3, 0.4) is 0 Å². The Morgan fingerprint density at radius 3 is 2.61 bits per heavy atom. The van der Waals surface area contributed by atoms with Crippen molar-refractivity contribution in [3.8, 4) is 5.75 Å². The summed E-state index contributed by atoms with van der Waals surface area (Å²) in [7, 11) is 1.56. The molecule has 0 bridgehead atoms. The molecule has 2 N–H and O–H groups in total. The summed E-state index contributed by atoms with van der Waals surface area (Å²) in [5.74, 6) is 0.108. The fourth-order valence-corrected chi connectivity index (χ4v) is 4.63. The van der Waals surface area contributed by atoms with E-state index in [1.807, 2.05) is 0 Å². The van der Waals surface area contributed by atoms with E-state index in [1.54, 1.807) is 55.6 Å². The number of amides is 2. The third-order valence-corrected chi connectivity index (χ3v) is 6.68. The average molecular weight is 471 g/mol. The zero-order chi connectivity index (χ0) is 23.6.